The van der Waals surface area contributed by atoms with Crippen molar-refractivity contribution in [2.24, 2.45) is 5.73 Å². The molecule has 2 aromatic rings. The summed E-state index contributed by atoms with van der Waals surface area (Å²) in [6.07, 6.45) is 3.52. The van der Waals surface area contributed by atoms with Gasteiger partial charge in [-0.05, 0) is 31.4 Å². The van der Waals surface area contributed by atoms with Crippen molar-refractivity contribution in [3.8, 4) is 0 Å². The first-order valence-electron chi connectivity index (χ1n) is 7.45. The Labute approximate surface area is 126 Å². The van der Waals surface area contributed by atoms with Crippen LogP contribution in [0.1, 0.15) is 25.8 Å². The number of benzene rings is 1. The van der Waals surface area contributed by atoms with Crippen molar-refractivity contribution >= 4 is 20.7 Å². The second kappa shape index (κ2) is 6.62. The van der Waals surface area contributed by atoms with E-state index in [9.17, 15) is 8.42 Å². The Bertz CT molecular complexity index is 702. The van der Waals surface area contributed by atoms with Crippen LogP contribution in [0.2, 0.25) is 0 Å². The van der Waals surface area contributed by atoms with Crippen LogP contribution < -0.4 is 5.73 Å². The van der Waals surface area contributed by atoms with Gasteiger partial charge in [-0.1, -0.05) is 25.1 Å². The monoisotopic (exact) mass is 308 g/mol. The molecule has 1 heterocycles. The maximum atomic E-state index is 11.9. The molecular weight excluding hydrogens is 284 g/mol. The van der Waals surface area contributed by atoms with E-state index in [1.807, 2.05) is 36.6 Å². The second-order valence-electron chi connectivity index (χ2n) is 5.70. The van der Waals surface area contributed by atoms with Crippen molar-refractivity contribution in [3.63, 3.8) is 0 Å². The summed E-state index contributed by atoms with van der Waals surface area (Å²) in [5.74, 6) is 0.454. The SMILES string of the molecule is CCCS(=O)(=O)CCn1cc(CC(C)N)c2ccccc21. The van der Waals surface area contributed by atoms with Gasteiger partial charge in [0.05, 0.1) is 5.75 Å². The molecule has 0 amide bonds. The van der Waals surface area contributed by atoms with Gasteiger partial charge in [-0.2, -0.15) is 0 Å². The molecule has 1 aromatic heterocycles. The van der Waals surface area contributed by atoms with Crippen molar-refractivity contribution in [2.75, 3.05) is 11.5 Å². The fourth-order valence-electron chi connectivity index (χ4n) is 2.67. The molecule has 0 saturated carbocycles. The number of aryl methyl sites for hydroxylation is 1. The highest BCUT2D eigenvalue weighted by atomic mass is 32.2. The molecule has 1 atom stereocenters. The third-order valence-corrected chi connectivity index (χ3v) is 5.41. The Kier molecular flexibility index (Phi) is 5.06. The van der Waals surface area contributed by atoms with E-state index in [0.717, 1.165) is 11.9 Å². The molecular formula is C16H24N2O2S. The molecule has 21 heavy (non-hydrogen) atoms. The van der Waals surface area contributed by atoms with Gasteiger partial charge in [-0.3, -0.25) is 0 Å². The standard InChI is InChI=1S/C16H24N2O2S/c1-3-9-21(19,20)10-8-18-12-14(11-13(2)17)15-6-4-5-7-16(15)18/h4-7,12-13H,3,8-11,17H2,1-2H3. The number of nitrogens with two attached hydrogens (primary N) is 1. The zero-order chi connectivity index (χ0) is 15.5. The molecule has 1 unspecified atom stereocenters. The minimum atomic E-state index is -2.96. The fourth-order valence-corrected chi connectivity index (χ4v) is 3.97. The van der Waals surface area contributed by atoms with E-state index in [4.69, 9.17) is 5.73 Å². The molecule has 1 aromatic carbocycles. The van der Waals surface area contributed by atoms with Gasteiger partial charge >= 0.3 is 0 Å². The molecule has 0 bridgehead atoms. The van der Waals surface area contributed by atoms with Crippen molar-refractivity contribution in [1.29, 1.82) is 0 Å². The van der Waals surface area contributed by atoms with Crippen LogP contribution in [-0.4, -0.2) is 30.5 Å². The molecule has 2 N–H and O–H groups in total. The third-order valence-electron chi connectivity index (χ3n) is 3.57. The first kappa shape index (κ1) is 16.0. The van der Waals surface area contributed by atoms with Crippen molar-refractivity contribution in [3.05, 3.63) is 36.0 Å². The Morgan fingerprint density at radius 1 is 1.24 bits per heavy atom. The first-order chi connectivity index (χ1) is 9.93. The van der Waals surface area contributed by atoms with Gasteiger partial charge in [0.15, 0.2) is 9.84 Å². The van der Waals surface area contributed by atoms with Crippen LogP contribution in [0.15, 0.2) is 30.5 Å². The van der Waals surface area contributed by atoms with Gasteiger partial charge in [0.1, 0.15) is 0 Å². The number of hydrogen-bond donors (Lipinski definition) is 1. The highest BCUT2D eigenvalue weighted by molar-refractivity contribution is 7.91. The molecule has 116 valence electrons. The molecule has 5 heteroatoms. The molecule has 0 spiro atoms. The summed E-state index contributed by atoms with van der Waals surface area (Å²) < 4.78 is 25.8. The number of fused-ring (bicyclic) bond motifs is 1. The van der Waals surface area contributed by atoms with Crippen LogP contribution >= 0.6 is 0 Å². The van der Waals surface area contributed by atoms with Gasteiger partial charge in [0.25, 0.3) is 0 Å². The first-order valence-corrected chi connectivity index (χ1v) is 9.28. The summed E-state index contributed by atoms with van der Waals surface area (Å²) in [7, 11) is -2.96. The fraction of sp³-hybridized carbons (Fsp3) is 0.500. The van der Waals surface area contributed by atoms with Crippen molar-refractivity contribution in [1.82, 2.24) is 4.57 Å². The number of rotatable bonds is 7. The Morgan fingerprint density at radius 3 is 2.62 bits per heavy atom. The zero-order valence-corrected chi connectivity index (χ0v) is 13.6. The third kappa shape index (κ3) is 4.08. The summed E-state index contributed by atoms with van der Waals surface area (Å²) in [4.78, 5) is 0. The molecule has 0 fully saturated rings. The topological polar surface area (TPSA) is 65.1 Å². The lowest BCUT2D eigenvalue weighted by atomic mass is 10.1. The average molecular weight is 308 g/mol. The Morgan fingerprint density at radius 2 is 1.95 bits per heavy atom. The summed E-state index contributed by atoms with van der Waals surface area (Å²) in [5, 5.41) is 1.17. The van der Waals surface area contributed by atoms with Crippen LogP contribution in [0.3, 0.4) is 0 Å². The lowest BCUT2D eigenvalue weighted by Crippen LogP contribution is -2.17. The van der Waals surface area contributed by atoms with Crippen LogP contribution in [0, 0.1) is 0 Å². The summed E-state index contributed by atoms with van der Waals surface area (Å²) in [6, 6.07) is 8.18. The van der Waals surface area contributed by atoms with E-state index in [-0.39, 0.29) is 17.5 Å². The van der Waals surface area contributed by atoms with E-state index in [2.05, 4.69) is 12.3 Å². The predicted octanol–water partition coefficient (Wildman–Crippen LogP) is 2.36. The molecule has 0 aliphatic carbocycles. The van der Waals surface area contributed by atoms with Gasteiger partial charge in [0.2, 0.25) is 0 Å². The summed E-state index contributed by atoms with van der Waals surface area (Å²) in [5.41, 5.74) is 8.17. The van der Waals surface area contributed by atoms with E-state index in [0.29, 0.717) is 13.0 Å². The Hall–Kier alpha value is -1.33. The smallest absolute Gasteiger partial charge is 0.152 e. The lowest BCUT2D eigenvalue weighted by Gasteiger charge is -2.06. The predicted molar refractivity (Wildman–Crippen MR) is 88.2 cm³/mol. The molecule has 4 nitrogen and oxygen atoms in total. The maximum absolute atomic E-state index is 11.9. The molecule has 0 aliphatic rings. The molecule has 0 radical (unpaired) electrons. The minimum Gasteiger partial charge on any atom is -0.346 e. The second-order valence-corrected chi connectivity index (χ2v) is 8.00. The molecule has 0 aliphatic heterocycles. The summed E-state index contributed by atoms with van der Waals surface area (Å²) >= 11 is 0. The van der Waals surface area contributed by atoms with E-state index >= 15 is 0 Å². The van der Waals surface area contributed by atoms with Crippen molar-refractivity contribution < 1.29 is 8.42 Å². The van der Waals surface area contributed by atoms with Crippen LogP contribution in [0.4, 0.5) is 0 Å². The lowest BCUT2D eigenvalue weighted by molar-refractivity contribution is 0.588. The highest BCUT2D eigenvalue weighted by Gasteiger charge is 2.13. The Balaban J connectivity index is 2.28. The van der Waals surface area contributed by atoms with Crippen LogP contribution in [0.25, 0.3) is 10.9 Å². The normalized spacial score (nSPS) is 13.7. The van der Waals surface area contributed by atoms with Crippen LogP contribution in [0.5, 0.6) is 0 Å². The molecule has 0 saturated heterocycles. The summed E-state index contributed by atoms with van der Waals surface area (Å²) in [6.45, 7) is 4.38. The van der Waals surface area contributed by atoms with E-state index in [1.165, 1.54) is 10.9 Å². The van der Waals surface area contributed by atoms with Crippen LogP contribution in [-0.2, 0) is 22.8 Å². The highest BCUT2D eigenvalue weighted by Crippen LogP contribution is 2.22. The maximum Gasteiger partial charge on any atom is 0.152 e. The largest absolute Gasteiger partial charge is 0.346 e. The number of hydrogen-bond acceptors (Lipinski definition) is 3. The van der Waals surface area contributed by atoms with Gasteiger partial charge in [-0.25, -0.2) is 8.42 Å². The quantitative estimate of drug-likeness (QED) is 0.854. The van der Waals surface area contributed by atoms with Gasteiger partial charge in [-0.15, -0.1) is 0 Å². The average Bonchev–Trinajstić information content (AvgIpc) is 2.75. The molecule has 2 rings (SSSR count). The number of para-hydroxylation sites is 1. The van der Waals surface area contributed by atoms with E-state index < -0.39 is 9.84 Å². The van der Waals surface area contributed by atoms with E-state index in [1.54, 1.807) is 0 Å². The minimum absolute atomic E-state index is 0.0908. The number of sulfone groups is 1. The van der Waals surface area contributed by atoms with Crippen molar-refractivity contribution in [2.45, 2.75) is 39.3 Å². The number of aromatic nitrogens is 1. The van der Waals surface area contributed by atoms with Gasteiger partial charge in [0, 0.05) is 35.4 Å². The zero-order valence-electron chi connectivity index (χ0n) is 12.7. The number of nitrogens with zero attached hydrogens (tertiary/aromatic N) is 1. The van der Waals surface area contributed by atoms with Gasteiger partial charge < -0.3 is 10.3 Å².